The molecular weight excluding hydrogens is 214 g/mol. The van der Waals surface area contributed by atoms with E-state index in [1.54, 1.807) is 4.57 Å². The number of hydrogen-bond donors (Lipinski definition) is 1. The van der Waals surface area contributed by atoms with E-state index in [2.05, 4.69) is 24.1 Å². The van der Waals surface area contributed by atoms with Crippen LogP contribution in [0.25, 0.3) is 0 Å². The van der Waals surface area contributed by atoms with Crippen molar-refractivity contribution in [1.29, 1.82) is 0 Å². The summed E-state index contributed by atoms with van der Waals surface area (Å²) in [4.78, 5) is 15.6. The van der Waals surface area contributed by atoms with Crippen LogP contribution in [0, 0.1) is 13.8 Å². The second-order valence-electron chi connectivity index (χ2n) is 4.79. The van der Waals surface area contributed by atoms with Gasteiger partial charge < -0.3 is 5.32 Å². The van der Waals surface area contributed by atoms with Crippen LogP contribution in [0.3, 0.4) is 0 Å². The van der Waals surface area contributed by atoms with Gasteiger partial charge in [0.15, 0.2) is 0 Å². The monoisotopic (exact) mass is 237 g/mol. The van der Waals surface area contributed by atoms with Gasteiger partial charge in [-0.1, -0.05) is 13.8 Å². The minimum Gasteiger partial charge on any atom is -0.315 e. The Morgan fingerprint density at radius 2 is 2.06 bits per heavy atom. The van der Waals surface area contributed by atoms with E-state index in [4.69, 9.17) is 0 Å². The van der Waals surface area contributed by atoms with Crippen molar-refractivity contribution in [2.45, 2.75) is 53.1 Å². The summed E-state index contributed by atoms with van der Waals surface area (Å²) in [5.74, 6) is 0. The second-order valence-corrected chi connectivity index (χ2v) is 4.79. The van der Waals surface area contributed by atoms with E-state index in [1.807, 2.05) is 19.9 Å². The molecule has 0 aliphatic heterocycles. The molecule has 0 fully saturated rings. The molecule has 0 spiro atoms. The first-order chi connectivity index (χ1) is 8.00. The summed E-state index contributed by atoms with van der Waals surface area (Å²) < 4.78 is 1.75. The Hall–Kier alpha value is -1.16. The van der Waals surface area contributed by atoms with Gasteiger partial charge in [-0.15, -0.1) is 0 Å². The van der Waals surface area contributed by atoms with Crippen LogP contribution in [-0.2, 0) is 6.54 Å². The van der Waals surface area contributed by atoms with Crippen LogP contribution >= 0.6 is 0 Å². The standard InChI is InChI=1S/C13H23N3O/c1-10(2)14-7-5-6-8-16-12(4)9-11(3)15-13(16)17/h9-10,14H,5-8H2,1-4H3. The van der Waals surface area contributed by atoms with Crippen molar-refractivity contribution in [2.24, 2.45) is 0 Å². The average molecular weight is 237 g/mol. The molecular formula is C13H23N3O. The maximum atomic E-state index is 11.7. The lowest BCUT2D eigenvalue weighted by molar-refractivity contribution is 0.517. The zero-order chi connectivity index (χ0) is 12.8. The Bertz CT molecular complexity index is 410. The Labute approximate surface area is 103 Å². The van der Waals surface area contributed by atoms with Crippen LogP contribution in [0.15, 0.2) is 10.9 Å². The maximum Gasteiger partial charge on any atom is 0.347 e. The summed E-state index contributed by atoms with van der Waals surface area (Å²) in [5, 5.41) is 3.37. The third kappa shape index (κ3) is 4.69. The van der Waals surface area contributed by atoms with E-state index >= 15 is 0 Å². The highest BCUT2D eigenvalue weighted by atomic mass is 16.1. The second kappa shape index (κ2) is 6.55. The van der Waals surface area contributed by atoms with Crippen molar-refractivity contribution in [1.82, 2.24) is 14.9 Å². The molecule has 0 saturated carbocycles. The molecule has 0 aliphatic rings. The number of aryl methyl sites for hydroxylation is 2. The summed E-state index contributed by atoms with van der Waals surface area (Å²) in [5.41, 5.74) is 1.67. The van der Waals surface area contributed by atoms with Gasteiger partial charge in [0, 0.05) is 24.0 Å². The molecule has 96 valence electrons. The van der Waals surface area contributed by atoms with Crippen LogP contribution in [0.5, 0.6) is 0 Å². The van der Waals surface area contributed by atoms with Crippen LogP contribution in [0.2, 0.25) is 0 Å². The first kappa shape index (κ1) is 13.9. The van der Waals surface area contributed by atoms with Gasteiger partial charge in [-0.3, -0.25) is 4.57 Å². The molecule has 1 rings (SSSR count). The number of nitrogens with zero attached hydrogens (tertiary/aromatic N) is 2. The van der Waals surface area contributed by atoms with E-state index in [1.165, 1.54) is 0 Å². The van der Waals surface area contributed by atoms with Gasteiger partial charge in [0.1, 0.15) is 0 Å². The Balaban J connectivity index is 2.45. The quantitative estimate of drug-likeness (QED) is 0.765. The van der Waals surface area contributed by atoms with Crippen molar-refractivity contribution in [3.63, 3.8) is 0 Å². The molecule has 1 N–H and O–H groups in total. The van der Waals surface area contributed by atoms with Gasteiger partial charge in [0.25, 0.3) is 0 Å². The number of hydrogen-bond acceptors (Lipinski definition) is 3. The van der Waals surface area contributed by atoms with E-state index in [0.717, 1.165) is 37.3 Å². The molecule has 4 heteroatoms. The fraction of sp³-hybridized carbons (Fsp3) is 0.692. The van der Waals surface area contributed by atoms with Crippen molar-refractivity contribution in [2.75, 3.05) is 6.54 Å². The van der Waals surface area contributed by atoms with Crippen molar-refractivity contribution in [3.8, 4) is 0 Å². The highest BCUT2D eigenvalue weighted by molar-refractivity contribution is 5.06. The van der Waals surface area contributed by atoms with Gasteiger partial charge in [0.2, 0.25) is 0 Å². The lowest BCUT2D eigenvalue weighted by Gasteiger charge is -2.10. The molecule has 0 unspecified atom stereocenters. The Morgan fingerprint density at radius 3 is 2.65 bits per heavy atom. The minimum absolute atomic E-state index is 0.126. The molecule has 0 atom stereocenters. The fourth-order valence-corrected chi connectivity index (χ4v) is 1.83. The summed E-state index contributed by atoms with van der Waals surface area (Å²) in [6.07, 6.45) is 2.09. The van der Waals surface area contributed by atoms with Crippen molar-refractivity contribution >= 4 is 0 Å². The van der Waals surface area contributed by atoms with Crippen LogP contribution in [0.1, 0.15) is 38.1 Å². The summed E-state index contributed by atoms with van der Waals surface area (Å²) >= 11 is 0. The van der Waals surface area contributed by atoms with Crippen LogP contribution in [0.4, 0.5) is 0 Å². The maximum absolute atomic E-state index is 11.7. The number of rotatable bonds is 6. The fourth-order valence-electron chi connectivity index (χ4n) is 1.83. The molecule has 17 heavy (non-hydrogen) atoms. The molecule has 0 amide bonds. The minimum atomic E-state index is -0.126. The Kier molecular flexibility index (Phi) is 5.35. The lowest BCUT2D eigenvalue weighted by atomic mass is 10.2. The predicted octanol–water partition coefficient (Wildman–Crippen LogP) is 1.64. The SMILES string of the molecule is Cc1cc(C)n(CCCCNC(C)C)c(=O)n1. The van der Waals surface area contributed by atoms with Gasteiger partial charge in [0.05, 0.1) is 0 Å². The normalized spacial score (nSPS) is 11.1. The summed E-state index contributed by atoms with van der Waals surface area (Å²) in [6, 6.07) is 2.48. The highest BCUT2D eigenvalue weighted by Crippen LogP contribution is 1.99. The predicted molar refractivity (Wildman–Crippen MR) is 70.3 cm³/mol. The van der Waals surface area contributed by atoms with Gasteiger partial charge in [-0.25, -0.2) is 4.79 Å². The van der Waals surface area contributed by atoms with Crippen molar-refractivity contribution in [3.05, 3.63) is 27.9 Å². The van der Waals surface area contributed by atoms with E-state index in [-0.39, 0.29) is 5.69 Å². The number of nitrogens with one attached hydrogen (secondary N) is 1. The van der Waals surface area contributed by atoms with Gasteiger partial charge in [-0.2, -0.15) is 4.98 Å². The van der Waals surface area contributed by atoms with Crippen molar-refractivity contribution < 1.29 is 0 Å². The van der Waals surface area contributed by atoms with Crippen LogP contribution < -0.4 is 11.0 Å². The Morgan fingerprint density at radius 1 is 1.35 bits per heavy atom. The molecule has 1 aromatic heterocycles. The molecule has 0 aromatic carbocycles. The smallest absolute Gasteiger partial charge is 0.315 e. The lowest BCUT2D eigenvalue weighted by Crippen LogP contribution is -2.27. The highest BCUT2D eigenvalue weighted by Gasteiger charge is 2.02. The zero-order valence-corrected chi connectivity index (χ0v) is 11.3. The largest absolute Gasteiger partial charge is 0.347 e. The number of aromatic nitrogens is 2. The van der Waals surface area contributed by atoms with Crippen LogP contribution in [-0.4, -0.2) is 22.1 Å². The topological polar surface area (TPSA) is 46.9 Å². The summed E-state index contributed by atoms with van der Waals surface area (Å²) in [7, 11) is 0. The molecule has 4 nitrogen and oxygen atoms in total. The average Bonchev–Trinajstić information content (AvgIpc) is 2.20. The van der Waals surface area contributed by atoms with E-state index in [9.17, 15) is 4.79 Å². The van der Waals surface area contributed by atoms with Gasteiger partial charge in [-0.05, 0) is 39.3 Å². The van der Waals surface area contributed by atoms with E-state index < -0.39 is 0 Å². The first-order valence-electron chi connectivity index (χ1n) is 6.29. The molecule has 0 aliphatic carbocycles. The molecule has 0 bridgehead atoms. The molecule has 1 aromatic rings. The zero-order valence-electron chi connectivity index (χ0n) is 11.3. The summed E-state index contributed by atoms with van der Waals surface area (Å²) in [6.45, 7) is 9.85. The molecule has 0 saturated heterocycles. The third-order valence-electron chi connectivity index (χ3n) is 2.71. The molecule has 0 radical (unpaired) electrons. The third-order valence-corrected chi connectivity index (χ3v) is 2.71. The van der Waals surface area contributed by atoms with E-state index in [0.29, 0.717) is 6.04 Å². The van der Waals surface area contributed by atoms with Gasteiger partial charge >= 0.3 is 5.69 Å². The first-order valence-corrected chi connectivity index (χ1v) is 6.29. The number of unbranched alkanes of at least 4 members (excludes halogenated alkanes) is 1. The molecule has 1 heterocycles.